The van der Waals surface area contributed by atoms with Crippen molar-refractivity contribution >= 4 is 28.6 Å². The molecule has 0 saturated heterocycles. The van der Waals surface area contributed by atoms with Crippen LogP contribution in [0.4, 0.5) is 24.8 Å². The highest BCUT2D eigenvalue weighted by molar-refractivity contribution is 6.05. The van der Waals surface area contributed by atoms with Gasteiger partial charge in [-0.3, -0.25) is 4.79 Å². The second-order valence-corrected chi connectivity index (χ2v) is 6.48. The second-order valence-electron chi connectivity index (χ2n) is 6.48. The molecular weight excluding hydrogens is 395 g/mol. The van der Waals surface area contributed by atoms with Gasteiger partial charge in [-0.25, -0.2) is 9.97 Å². The SMILES string of the molecule is Nc1ncc2cc(-c3cccc(C(=O)Nc4cccc(C(F)(F)F)c4)c3)cnc2n1. The number of fused-ring (bicyclic) bond motifs is 1. The fraction of sp³-hybridized carbons (Fsp3) is 0.0476. The zero-order chi connectivity index (χ0) is 21.3. The number of carbonyl (C=O) groups excluding carboxylic acids is 1. The maximum atomic E-state index is 12.9. The molecule has 0 aliphatic rings. The minimum atomic E-state index is -4.49. The average Bonchev–Trinajstić information content (AvgIpc) is 2.73. The van der Waals surface area contributed by atoms with Gasteiger partial charge in [0.25, 0.3) is 5.91 Å². The molecule has 1 amide bonds. The van der Waals surface area contributed by atoms with Crippen LogP contribution in [0.15, 0.2) is 67.0 Å². The molecule has 2 aromatic carbocycles. The van der Waals surface area contributed by atoms with E-state index in [0.29, 0.717) is 22.2 Å². The third-order valence-electron chi connectivity index (χ3n) is 4.36. The molecule has 0 fully saturated rings. The van der Waals surface area contributed by atoms with E-state index >= 15 is 0 Å². The summed E-state index contributed by atoms with van der Waals surface area (Å²) in [6, 6.07) is 13.0. The van der Waals surface area contributed by atoms with Crippen LogP contribution in [0.2, 0.25) is 0 Å². The van der Waals surface area contributed by atoms with Crippen LogP contribution in [0.3, 0.4) is 0 Å². The number of amides is 1. The standard InChI is InChI=1S/C21H14F3N5O/c22-21(23,24)16-5-2-6-17(9-16)28-19(30)13-4-1-3-12(7-13)14-8-15-11-27-20(25)29-18(15)26-10-14/h1-11H,(H,28,30)(H2,25,26,27,29). The van der Waals surface area contributed by atoms with Crippen molar-refractivity contribution in [3.05, 3.63) is 78.1 Å². The summed E-state index contributed by atoms with van der Waals surface area (Å²) in [4.78, 5) is 24.8. The molecule has 0 saturated carbocycles. The molecule has 0 radical (unpaired) electrons. The van der Waals surface area contributed by atoms with E-state index in [0.717, 1.165) is 17.7 Å². The monoisotopic (exact) mass is 409 g/mol. The minimum absolute atomic E-state index is 0.0577. The first-order valence-corrected chi connectivity index (χ1v) is 8.77. The van der Waals surface area contributed by atoms with Crippen LogP contribution < -0.4 is 11.1 Å². The Morgan fingerprint density at radius 1 is 0.933 bits per heavy atom. The molecule has 0 aliphatic heterocycles. The fourth-order valence-corrected chi connectivity index (χ4v) is 2.91. The van der Waals surface area contributed by atoms with Gasteiger partial charge in [-0.1, -0.05) is 18.2 Å². The first kappa shape index (κ1) is 19.3. The Bertz CT molecular complexity index is 1260. The van der Waals surface area contributed by atoms with Crippen molar-refractivity contribution in [3.8, 4) is 11.1 Å². The van der Waals surface area contributed by atoms with Gasteiger partial charge < -0.3 is 11.1 Å². The summed E-state index contributed by atoms with van der Waals surface area (Å²) in [6.45, 7) is 0. The zero-order valence-electron chi connectivity index (χ0n) is 15.3. The third-order valence-corrected chi connectivity index (χ3v) is 4.36. The van der Waals surface area contributed by atoms with E-state index in [2.05, 4.69) is 20.3 Å². The lowest BCUT2D eigenvalue weighted by atomic mass is 10.0. The molecule has 2 heterocycles. The maximum absolute atomic E-state index is 12.9. The summed E-state index contributed by atoms with van der Waals surface area (Å²) in [7, 11) is 0. The third kappa shape index (κ3) is 4.04. The van der Waals surface area contributed by atoms with Crippen LogP contribution >= 0.6 is 0 Å². The topological polar surface area (TPSA) is 93.8 Å². The molecule has 2 aromatic heterocycles. The molecule has 150 valence electrons. The van der Waals surface area contributed by atoms with Crippen molar-refractivity contribution < 1.29 is 18.0 Å². The highest BCUT2D eigenvalue weighted by atomic mass is 19.4. The summed E-state index contributed by atoms with van der Waals surface area (Å²) < 4.78 is 38.6. The summed E-state index contributed by atoms with van der Waals surface area (Å²) in [5.41, 5.74) is 6.95. The number of alkyl halides is 3. The van der Waals surface area contributed by atoms with Gasteiger partial charge in [-0.15, -0.1) is 0 Å². The number of nitrogens with zero attached hydrogens (tertiary/aromatic N) is 3. The van der Waals surface area contributed by atoms with E-state index in [1.807, 2.05) is 6.07 Å². The second kappa shape index (κ2) is 7.43. The first-order chi connectivity index (χ1) is 14.3. The Morgan fingerprint density at radius 3 is 2.53 bits per heavy atom. The summed E-state index contributed by atoms with van der Waals surface area (Å²) in [5.74, 6) is -0.406. The molecule has 9 heteroatoms. The number of anilines is 2. The van der Waals surface area contributed by atoms with Gasteiger partial charge in [0.2, 0.25) is 5.95 Å². The van der Waals surface area contributed by atoms with Crippen molar-refractivity contribution in [1.82, 2.24) is 15.0 Å². The Morgan fingerprint density at radius 2 is 1.73 bits per heavy atom. The van der Waals surface area contributed by atoms with Crippen LogP contribution in [0.25, 0.3) is 22.2 Å². The molecule has 3 N–H and O–H groups in total. The van der Waals surface area contributed by atoms with E-state index < -0.39 is 17.6 Å². The van der Waals surface area contributed by atoms with Crippen LogP contribution in [0.1, 0.15) is 15.9 Å². The molecule has 4 rings (SSSR count). The number of benzene rings is 2. The highest BCUT2D eigenvalue weighted by Crippen LogP contribution is 2.31. The summed E-state index contributed by atoms with van der Waals surface area (Å²) in [6.07, 6.45) is -1.34. The number of nitrogen functional groups attached to an aromatic ring is 1. The van der Waals surface area contributed by atoms with Crippen molar-refractivity contribution in [3.63, 3.8) is 0 Å². The van der Waals surface area contributed by atoms with Gasteiger partial charge in [0.15, 0.2) is 5.65 Å². The number of carbonyl (C=O) groups is 1. The predicted octanol–water partition coefficient (Wildman–Crippen LogP) is 4.55. The van der Waals surface area contributed by atoms with Crippen molar-refractivity contribution in [2.45, 2.75) is 6.18 Å². The van der Waals surface area contributed by atoms with Gasteiger partial charge in [0.1, 0.15) is 0 Å². The van der Waals surface area contributed by atoms with Crippen LogP contribution in [-0.2, 0) is 6.18 Å². The van der Waals surface area contributed by atoms with E-state index in [1.165, 1.54) is 12.1 Å². The highest BCUT2D eigenvalue weighted by Gasteiger charge is 2.30. The maximum Gasteiger partial charge on any atom is 0.416 e. The lowest BCUT2D eigenvalue weighted by Crippen LogP contribution is -2.13. The lowest BCUT2D eigenvalue weighted by molar-refractivity contribution is -0.137. The van der Waals surface area contributed by atoms with Gasteiger partial charge in [-0.2, -0.15) is 18.2 Å². The Labute approximate surface area is 168 Å². The molecule has 0 spiro atoms. The Kier molecular flexibility index (Phi) is 4.78. The molecule has 0 unspecified atom stereocenters. The van der Waals surface area contributed by atoms with Crippen LogP contribution in [0, 0.1) is 0 Å². The molecule has 0 aliphatic carbocycles. The van der Waals surface area contributed by atoms with Crippen LogP contribution in [0.5, 0.6) is 0 Å². The number of nitrogens with two attached hydrogens (primary N) is 1. The number of hydrogen-bond acceptors (Lipinski definition) is 5. The predicted molar refractivity (Wildman–Crippen MR) is 107 cm³/mol. The van der Waals surface area contributed by atoms with E-state index in [1.54, 1.807) is 36.7 Å². The smallest absolute Gasteiger partial charge is 0.368 e. The van der Waals surface area contributed by atoms with Gasteiger partial charge in [0, 0.05) is 34.6 Å². The van der Waals surface area contributed by atoms with Crippen LogP contribution in [-0.4, -0.2) is 20.9 Å². The van der Waals surface area contributed by atoms with Gasteiger partial charge in [-0.05, 0) is 42.0 Å². The van der Waals surface area contributed by atoms with E-state index in [9.17, 15) is 18.0 Å². The zero-order valence-corrected chi connectivity index (χ0v) is 15.3. The van der Waals surface area contributed by atoms with E-state index in [-0.39, 0.29) is 11.6 Å². The fourth-order valence-electron chi connectivity index (χ4n) is 2.91. The quantitative estimate of drug-likeness (QED) is 0.518. The Balaban J connectivity index is 1.60. The summed E-state index contributed by atoms with van der Waals surface area (Å²) >= 11 is 0. The molecule has 6 nitrogen and oxygen atoms in total. The molecular formula is C21H14F3N5O. The molecule has 4 aromatic rings. The first-order valence-electron chi connectivity index (χ1n) is 8.77. The number of hydrogen-bond donors (Lipinski definition) is 2. The molecule has 0 bridgehead atoms. The van der Waals surface area contributed by atoms with Crippen molar-refractivity contribution in [2.24, 2.45) is 0 Å². The van der Waals surface area contributed by atoms with E-state index in [4.69, 9.17) is 5.73 Å². The summed E-state index contributed by atoms with van der Waals surface area (Å²) in [5, 5.41) is 3.18. The molecule has 30 heavy (non-hydrogen) atoms. The molecule has 0 atom stereocenters. The number of nitrogens with one attached hydrogen (secondary N) is 1. The van der Waals surface area contributed by atoms with Crippen molar-refractivity contribution in [2.75, 3.05) is 11.1 Å². The number of aromatic nitrogens is 3. The number of rotatable bonds is 3. The van der Waals surface area contributed by atoms with Crippen molar-refractivity contribution in [1.29, 1.82) is 0 Å². The average molecular weight is 409 g/mol. The number of halogens is 3. The number of pyridine rings is 1. The van der Waals surface area contributed by atoms with Gasteiger partial charge >= 0.3 is 6.18 Å². The lowest BCUT2D eigenvalue weighted by Gasteiger charge is -2.10. The van der Waals surface area contributed by atoms with Gasteiger partial charge in [0.05, 0.1) is 5.56 Å². The minimum Gasteiger partial charge on any atom is -0.368 e. The largest absolute Gasteiger partial charge is 0.416 e. The normalized spacial score (nSPS) is 11.4. The Hall–Kier alpha value is -4.01.